The Kier molecular flexibility index (Phi) is 7.41. The van der Waals surface area contributed by atoms with Crippen molar-refractivity contribution in [1.82, 2.24) is 19.4 Å². The fraction of sp³-hybridized carbons (Fsp3) is 0.172. The van der Waals surface area contributed by atoms with Gasteiger partial charge in [-0.15, -0.1) is 0 Å². The van der Waals surface area contributed by atoms with E-state index in [9.17, 15) is 4.79 Å². The van der Waals surface area contributed by atoms with Crippen LogP contribution < -0.4 is 14.8 Å². The van der Waals surface area contributed by atoms with Crippen molar-refractivity contribution < 1.29 is 14.3 Å². The first-order valence-electron chi connectivity index (χ1n) is 12.2. The van der Waals surface area contributed by atoms with Crippen LogP contribution in [0.5, 0.6) is 11.5 Å². The molecule has 10 heteroatoms. The second-order valence-corrected chi connectivity index (χ2v) is 9.51. The maximum Gasteiger partial charge on any atom is 0.229 e. The van der Waals surface area contributed by atoms with Crippen molar-refractivity contribution in [1.29, 1.82) is 0 Å². The van der Waals surface area contributed by atoms with Crippen molar-refractivity contribution in [3.05, 3.63) is 82.7 Å². The molecule has 5 aromatic rings. The molecule has 0 aliphatic carbocycles. The lowest BCUT2D eigenvalue weighted by atomic mass is 10.0. The Hall–Kier alpha value is -4.14. The van der Waals surface area contributed by atoms with Crippen LogP contribution in [0.3, 0.4) is 0 Å². The first kappa shape index (κ1) is 26.5. The molecule has 0 atom stereocenters. The molecular formula is C29H25Cl2N5O3. The number of ether oxygens (including phenoxy) is 2. The Bertz CT molecular complexity index is 1720. The largest absolute Gasteiger partial charge is 0.495 e. The lowest BCUT2D eigenvalue weighted by molar-refractivity contribution is -0.114. The Labute approximate surface area is 235 Å². The van der Waals surface area contributed by atoms with Crippen LogP contribution in [-0.2, 0) is 17.6 Å². The first-order valence-corrected chi connectivity index (χ1v) is 12.9. The summed E-state index contributed by atoms with van der Waals surface area (Å²) in [6.45, 7) is 5.67. The Morgan fingerprint density at radius 3 is 2.49 bits per heavy atom. The number of carbonyl (C=O) groups excluding carboxylic acids is 1. The average Bonchev–Trinajstić information content (AvgIpc) is 3.45. The van der Waals surface area contributed by atoms with E-state index in [0.717, 1.165) is 28.6 Å². The maximum atomic E-state index is 12.1. The van der Waals surface area contributed by atoms with E-state index in [-0.39, 0.29) is 12.2 Å². The van der Waals surface area contributed by atoms with Crippen molar-refractivity contribution in [3.63, 3.8) is 0 Å². The lowest BCUT2D eigenvalue weighted by Gasteiger charge is -2.16. The molecule has 0 aliphatic heterocycles. The fourth-order valence-corrected chi connectivity index (χ4v) is 5.16. The van der Waals surface area contributed by atoms with Gasteiger partial charge in [-0.05, 0) is 35.8 Å². The molecular weight excluding hydrogens is 537 g/mol. The van der Waals surface area contributed by atoms with Crippen LogP contribution in [0.2, 0.25) is 10.0 Å². The molecule has 0 unspecified atom stereocenters. The summed E-state index contributed by atoms with van der Waals surface area (Å²) in [4.78, 5) is 26.0. The molecule has 3 aromatic heterocycles. The third-order valence-corrected chi connectivity index (χ3v) is 7.22. The molecule has 3 heterocycles. The van der Waals surface area contributed by atoms with Gasteiger partial charge in [0.05, 0.1) is 24.3 Å². The van der Waals surface area contributed by atoms with Crippen molar-refractivity contribution in [2.24, 2.45) is 0 Å². The molecule has 8 nitrogen and oxygen atoms in total. The summed E-state index contributed by atoms with van der Waals surface area (Å²) in [5.41, 5.74) is 5.15. The van der Waals surface area contributed by atoms with Crippen molar-refractivity contribution >= 4 is 57.3 Å². The number of fused-ring (bicyclic) bond motifs is 3. The highest BCUT2D eigenvalue weighted by Crippen LogP contribution is 2.47. The van der Waals surface area contributed by atoms with Crippen LogP contribution in [-0.4, -0.2) is 39.4 Å². The van der Waals surface area contributed by atoms with Crippen molar-refractivity contribution in [3.8, 4) is 22.6 Å². The van der Waals surface area contributed by atoms with Crippen molar-refractivity contribution in [2.75, 3.05) is 19.5 Å². The van der Waals surface area contributed by atoms with Crippen LogP contribution in [0.4, 0.5) is 11.6 Å². The third kappa shape index (κ3) is 4.89. The van der Waals surface area contributed by atoms with Gasteiger partial charge in [-0.2, -0.15) is 4.98 Å². The van der Waals surface area contributed by atoms with Gasteiger partial charge in [0.1, 0.15) is 17.1 Å². The van der Waals surface area contributed by atoms with E-state index >= 15 is 0 Å². The predicted octanol–water partition coefficient (Wildman–Crippen LogP) is 6.87. The van der Waals surface area contributed by atoms with Gasteiger partial charge in [0.2, 0.25) is 5.95 Å². The van der Waals surface area contributed by atoms with Crippen LogP contribution in [0.25, 0.3) is 27.8 Å². The summed E-state index contributed by atoms with van der Waals surface area (Å²) >= 11 is 13.4. The van der Waals surface area contributed by atoms with E-state index in [2.05, 4.69) is 28.8 Å². The van der Waals surface area contributed by atoms with Gasteiger partial charge >= 0.3 is 0 Å². The van der Waals surface area contributed by atoms with Gasteiger partial charge in [0.15, 0.2) is 11.4 Å². The molecule has 0 aliphatic rings. The number of halogens is 2. The second kappa shape index (κ2) is 10.9. The number of pyridine rings is 1. The molecule has 198 valence electrons. The molecule has 2 aromatic carbocycles. The number of nitrogens with one attached hydrogen (secondary N) is 1. The summed E-state index contributed by atoms with van der Waals surface area (Å²) in [5, 5.41) is 4.69. The summed E-state index contributed by atoms with van der Waals surface area (Å²) < 4.78 is 12.8. The smallest absolute Gasteiger partial charge is 0.229 e. The van der Waals surface area contributed by atoms with Gasteiger partial charge in [-0.3, -0.25) is 9.20 Å². The highest BCUT2D eigenvalue weighted by molar-refractivity contribution is 6.41. The predicted molar refractivity (Wildman–Crippen MR) is 155 cm³/mol. The minimum atomic E-state index is -0.0649. The first-order chi connectivity index (χ1) is 18.9. The zero-order chi connectivity index (χ0) is 27.7. The molecule has 0 saturated heterocycles. The van der Waals surface area contributed by atoms with Crippen molar-refractivity contribution in [2.45, 2.75) is 19.8 Å². The summed E-state index contributed by atoms with van der Waals surface area (Å²) in [7, 11) is 3.06. The number of nitrogens with zero attached hydrogens (tertiary/aromatic N) is 4. The monoisotopic (exact) mass is 561 g/mol. The number of carbonyl (C=O) groups is 1. The van der Waals surface area contributed by atoms with Gasteiger partial charge in [-0.25, -0.2) is 9.97 Å². The van der Waals surface area contributed by atoms with E-state index in [1.807, 2.05) is 28.7 Å². The van der Waals surface area contributed by atoms with Crippen LogP contribution in [0.1, 0.15) is 18.1 Å². The van der Waals surface area contributed by atoms with Crippen LogP contribution in [0.15, 0.2) is 61.6 Å². The zero-order valence-corrected chi connectivity index (χ0v) is 23.1. The van der Waals surface area contributed by atoms with E-state index < -0.39 is 0 Å². The van der Waals surface area contributed by atoms with Gasteiger partial charge in [0.25, 0.3) is 0 Å². The molecule has 0 saturated carbocycles. The molecule has 0 radical (unpaired) electrons. The summed E-state index contributed by atoms with van der Waals surface area (Å²) in [5.74, 6) is 1.16. The molecule has 0 spiro atoms. The maximum absolute atomic E-state index is 12.1. The fourth-order valence-electron chi connectivity index (χ4n) is 4.45. The number of aromatic nitrogens is 4. The number of imidazole rings is 1. The normalized spacial score (nSPS) is 11.1. The molecule has 1 N–H and O–H groups in total. The number of hydrogen-bond acceptors (Lipinski definition) is 7. The minimum absolute atomic E-state index is 0.0649. The number of allylic oxidation sites excluding steroid dienone is 1. The van der Waals surface area contributed by atoms with Gasteiger partial charge < -0.3 is 14.8 Å². The van der Waals surface area contributed by atoms with E-state index in [0.29, 0.717) is 49.9 Å². The summed E-state index contributed by atoms with van der Waals surface area (Å²) in [6.07, 6.45) is 7.61. The molecule has 0 bridgehead atoms. The number of methoxy groups -OCH3 is 2. The van der Waals surface area contributed by atoms with Gasteiger partial charge in [-0.1, -0.05) is 48.8 Å². The third-order valence-electron chi connectivity index (χ3n) is 6.47. The van der Waals surface area contributed by atoms with Crippen LogP contribution in [0, 0.1) is 0 Å². The number of benzene rings is 2. The van der Waals surface area contributed by atoms with Gasteiger partial charge in [0, 0.05) is 53.3 Å². The molecule has 0 fully saturated rings. The minimum Gasteiger partial charge on any atom is -0.495 e. The Morgan fingerprint density at radius 2 is 1.82 bits per heavy atom. The number of ketones is 1. The molecule has 39 heavy (non-hydrogen) atoms. The number of rotatable bonds is 9. The topological polar surface area (TPSA) is 90.6 Å². The van der Waals surface area contributed by atoms with E-state index in [1.165, 1.54) is 20.3 Å². The SMILES string of the molecule is C=CC(=O)Cc1cc(CC)ccc1Nc1ncc2cc(-c3c(Cl)c(OC)cc(OC)c3Cl)c3nccn3c2n1. The standard InChI is InChI=1S/C29H25Cl2N5O3/c1-5-16-7-8-21(17(11-16)12-19(37)6-2)34-29-33-15-18-13-20(28-32-9-10-36(28)27(18)35-29)24-25(30)22(38-3)14-23(39-4)26(24)31/h6-11,13-15H,2,5,12H2,1,3-4H3,(H,33,34,35). The molecule has 0 amide bonds. The molecule has 5 rings (SSSR count). The quantitative estimate of drug-likeness (QED) is 0.196. The lowest BCUT2D eigenvalue weighted by Crippen LogP contribution is -2.06. The highest BCUT2D eigenvalue weighted by Gasteiger charge is 2.22. The number of hydrogen-bond donors (Lipinski definition) is 1. The second-order valence-electron chi connectivity index (χ2n) is 8.75. The number of anilines is 2. The van der Waals surface area contributed by atoms with E-state index in [1.54, 1.807) is 24.7 Å². The highest BCUT2D eigenvalue weighted by atomic mass is 35.5. The van der Waals surface area contributed by atoms with E-state index in [4.69, 9.17) is 37.7 Å². The summed E-state index contributed by atoms with van der Waals surface area (Å²) in [6, 6.07) is 9.50. The van der Waals surface area contributed by atoms with Crippen LogP contribution >= 0.6 is 23.2 Å². The number of aryl methyl sites for hydroxylation is 1. The Balaban J connectivity index is 1.63. The average molecular weight is 562 g/mol. The Morgan fingerprint density at radius 1 is 1.08 bits per heavy atom. The zero-order valence-electron chi connectivity index (χ0n) is 21.6.